The van der Waals surface area contributed by atoms with Crippen molar-refractivity contribution in [3.8, 4) is 0 Å². The van der Waals surface area contributed by atoms with E-state index in [1.165, 1.54) is 16.7 Å². The molecule has 3 aliphatic rings. The zero-order valence-corrected chi connectivity index (χ0v) is 16.0. The van der Waals surface area contributed by atoms with Gasteiger partial charge in [-0.3, -0.25) is 0 Å². The normalized spacial score (nSPS) is 39.2. The number of ether oxygens (including phenoxy) is 4. The van der Waals surface area contributed by atoms with Gasteiger partial charge in [-0.25, -0.2) is 0 Å². The largest absolute Gasteiger partial charge is 0.369 e. The molecule has 0 N–H and O–H groups in total. The summed E-state index contributed by atoms with van der Waals surface area (Å²) in [6.45, 7) is 10.4. The Balaban J connectivity index is 1.63. The topological polar surface area (TPSA) is 36.9 Å². The second kappa shape index (κ2) is 6.34. The van der Waals surface area contributed by atoms with Crippen molar-refractivity contribution in [1.29, 1.82) is 0 Å². The van der Waals surface area contributed by atoms with E-state index in [0.717, 1.165) is 19.3 Å². The monoisotopic (exact) mass is 346 g/mol. The zero-order valence-electron chi connectivity index (χ0n) is 16.0. The predicted octanol–water partition coefficient (Wildman–Crippen LogP) is 4.22. The fourth-order valence-corrected chi connectivity index (χ4v) is 4.51. The van der Waals surface area contributed by atoms with Gasteiger partial charge in [-0.1, -0.05) is 31.5 Å². The van der Waals surface area contributed by atoms with Crippen molar-refractivity contribution < 1.29 is 18.9 Å². The molecular weight excluding hydrogens is 316 g/mol. The molecule has 3 heterocycles. The molecule has 1 aromatic carbocycles. The van der Waals surface area contributed by atoms with Crippen LogP contribution in [0.4, 0.5) is 0 Å². The molecule has 4 nitrogen and oxygen atoms in total. The number of rotatable bonds is 3. The van der Waals surface area contributed by atoms with E-state index in [1.807, 2.05) is 13.8 Å². The fourth-order valence-electron chi connectivity index (χ4n) is 4.51. The number of benzene rings is 1. The zero-order chi connectivity index (χ0) is 17.8. The first-order chi connectivity index (χ1) is 11.9. The van der Waals surface area contributed by atoms with Crippen LogP contribution in [0.25, 0.3) is 0 Å². The van der Waals surface area contributed by atoms with Gasteiger partial charge in [0.05, 0.1) is 12.2 Å². The minimum absolute atomic E-state index is 0.00122. The molecule has 3 saturated heterocycles. The summed E-state index contributed by atoms with van der Waals surface area (Å²) in [7, 11) is 0. The first kappa shape index (κ1) is 17.5. The summed E-state index contributed by atoms with van der Waals surface area (Å²) in [6.07, 6.45) is 2.96. The van der Waals surface area contributed by atoms with E-state index in [0.29, 0.717) is 5.92 Å². The Hall–Kier alpha value is -0.940. The standard InChI is InChI=1S/C21H30O4/c1-6-7-15-11-16(14-9-8-12(2)13(3)10-14)17-18(22-15)19-20(23-17)25-21(4,5)24-19/h8-10,15-20H,6-7,11H2,1-5H3/t15-,16-,17+,18-,19+,20+/m0/s1. The van der Waals surface area contributed by atoms with Crippen molar-refractivity contribution in [3.05, 3.63) is 34.9 Å². The van der Waals surface area contributed by atoms with E-state index >= 15 is 0 Å². The molecule has 6 atom stereocenters. The van der Waals surface area contributed by atoms with Crippen LogP contribution in [0.5, 0.6) is 0 Å². The smallest absolute Gasteiger partial charge is 0.190 e. The van der Waals surface area contributed by atoms with Crippen molar-refractivity contribution in [3.63, 3.8) is 0 Å². The molecule has 0 saturated carbocycles. The Bertz CT molecular complexity index is 641. The lowest BCUT2D eigenvalue weighted by molar-refractivity contribution is -0.234. The SMILES string of the molecule is CCC[C@H]1C[C@@H](c2ccc(C)c(C)c2)[C@H]2O[C@@H]3OC(C)(C)O[C@@H]3[C@H]2O1. The Morgan fingerprint density at radius 2 is 1.80 bits per heavy atom. The molecule has 1 aromatic rings. The average Bonchev–Trinajstić information content (AvgIpc) is 3.02. The summed E-state index contributed by atoms with van der Waals surface area (Å²) in [6, 6.07) is 6.78. The van der Waals surface area contributed by atoms with Gasteiger partial charge in [0, 0.05) is 5.92 Å². The highest BCUT2D eigenvalue weighted by atomic mass is 16.8. The number of aryl methyl sites for hydroxylation is 2. The Kier molecular flexibility index (Phi) is 4.43. The molecule has 0 spiro atoms. The molecule has 138 valence electrons. The van der Waals surface area contributed by atoms with Crippen molar-refractivity contribution in [1.82, 2.24) is 0 Å². The maximum atomic E-state index is 6.43. The van der Waals surface area contributed by atoms with Gasteiger partial charge in [0.1, 0.15) is 12.2 Å². The van der Waals surface area contributed by atoms with Gasteiger partial charge in [0.15, 0.2) is 12.1 Å². The van der Waals surface area contributed by atoms with E-state index in [9.17, 15) is 0 Å². The summed E-state index contributed by atoms with van der Waals surface area (Å²) in [5.74, 6) is -0.271. The van der Waals surface area contributed by atoms with Crippen LogP contribution in [0.2, 0.25) is 0 Å². The van der Waals surface area contributed by atoms with Gasteiger partial charge in [0.2, 0.25) is 0 Å². The van der Waals surface area contributed by atoms with E-state index in [1.54, 1.807) is 0 Å². The second-order valence-corrected chi connectivity index (χ2v) is 8.27. The third-order valence-corrected chi connectivity index (χ3v) is 5.86. The quantitative estimate of drug-likeness (QED) is 0.821. The molecular formula is C21H30O4. The number of fused-ring (bicyclic) bond motifs is 3. The fraction of sp³-hybridized carbons (Fsp3) is 0.714. The summed E-state index contributed by atoms with van der Waals surface area (Å²) in [5, 5.41) is 0. The highest BCUT2D eigenvalue weighted by Crippen LogP contribution is 2.48. The van der Waals surface area contributed by atoms with Gasteiger partial charge in [-0.15, -0.1) is 0 Å². The Morgan fingerprint density at radius 1 is 1.00 bits per heavy atom. The molecule has 3 fully saturated rings. The minimum Gasteiger partial charge on any atom is -0.369 e. The van der Waals surface area contributed by atoms with Crippen LogP contribution in [0.3, 0.4) is 0 Å². The van der Waals surface area contributed by atoms with Gasteiger partial charge < -0.3 is 18.9 Å². The molecule has 0 aliphatic carbocycles. The van der Waals surface area contributed by atoms with E-state index in [4.69, 9.17) is 18.9 Å². The first-order valence-corrected chi connectivity index (χ1v) is 9.61. The molecule has 0 aromatic heterocycles. The van der Waals surface area contributed by atoms with Crippen LogP contribution in [-0.2, 0) is 18.9 Å². The van der Waals surface area contributed by atoms with E-state index in [2.05, 4.69) is 39.0 Å². The Morgan fingerprint density at radius 3 is 2.52 bits per heavy atom. The molecule has 0 amide bonds. The lowest BCUT2D eigenvalue weighted by Gasteiger charge is -2.40. The summed E-state index contributed by atoms with van der Waals surface area (Å²) >= 11 is 0. The summed E-state index contributed by atoms with van der Waals surface area (Å²) in [5.41, 5.74) is 4.01. The lowest BCUT2D eigenvalue weighted by atomic mass is 9.81. The molecule has 4 heteroatoms. The maximum Gasteiger partial charge on any atom is 0.190 e. The van der Waals surface area contributed by atoms with Crippen LogP contribution >= 0.6 is 0 Å². The third-order valence-electron chi connectivity index (χ3n) is 5.86. The van der Waals surface area contributed by atoms with Crippen LogP contribution < -0.4 is 0 Å². The first-order valence-electron chi connectivity index (χ1n) is 9.61. The van der Waals surface area contributed by atoms with Crippen molar-refractivity contribution in [2.24, 2.45) is 0 Å². The second-order valence-electron chi connectivity index (χ2n) is 8.27. The van der Waals surface area contributed by atoms with Crippen LogP contribution in [0.15, 0.2) is 18.2 Å². The van der Waals surface area contributed by atoms with E-state index in [-0.39, 0.29) is 30.7 Å². The van der Waals surface area contributed by atoms with Crippen LogP contribution in [0, 0.1) is 13.8 Å². The van der Waals surface area contributed by atoms with Crippen LogP contribution in [-0.4, -0.2) is 36.5 Å². The maximum absolute atomic E-state index is 6.43. The highest BCUT2D eigenvalue weighted by molar-refractivity contribution is 5.33. The highest BCUT2D eigenvalue weighted by Gasteiger charge is 2.59. The average molecular weight is 346 g/mol. The molecule has 4 rings (SSSR count). The number of hydrogen-bond donors (Lipinski definition) is 0. The predicted molar refractivity (Wildman–Crippen MR) is 95.5 cm³/mol. The molecule has 0 radical (unpaired) electrons. The van der Waals surface area contributed by atoms with Crippen molar-refractivity contribution >= 4 is 0 Å². The van der Waals surface area contributed by atoms with Crippen molar-refractivity contribution in [2.75, 3.05) is 0 Å². The van der Waals surface area contributed by atoms with Gasteiger partial charge in [-0.05, 0) is 57.2 Å². The van der Waals surface area contributed by atoms with Gasteiger partial charge >= 0.3 is 0 Å². The lowest BCUT2D eigenvalue weighted by Crippen LogP contribution is -2.47. The minimum atomic E-state index is -0.600. The number of hydrogen-bond acceptors (Lipinski definition) is 4. The molecule has 0 unspecified atom stereocenters. The Labute approximate surface area is 150 Å². The van der Waals surface area contributed by atoms with E-state index < -0.39 is 5.79 Å². The molecule has 3 aliphatic heterocycles. The molecule has 0 bridgehead atoms. The van der Waals surface area contributed by atoms with Crippen LogP contribution in [0.1, 0.15) is 62.6 Å². The third kappa shape index (κ3) is 3.14. The summed E-state index contributed by atoms with van der Waals surface area (Å²) in [4.78, 5) is 0. The van der Waals surface area contributed by atoms with Crippen molar-refractivity contribution in [2.45, 2.75) is 96.3 Å². The summed E-state index contributed by atoms with van der Waals surface area (Å²) < 4.78 is 24.8. The molecule has 25 heavy (non-hydrogen) atoms. The van der Waals surface area contributed by atoms with Gasteiger partial charge in [0.25, 0.3) is 0 Å². The van der Waals surface area contributed by atoms with Gasteiger partial charge in [-0.2, -0.15) is 0 Å².